The molecule has 0 bridgehead atoms. The van der Waals surface area contributed by atoms with Gasteiger partial charge >= 0.3 is 0 Å². The molecule has 1 rings (SSSR count). The Morgan fingerprint density at radius 3 is 2.25 bits per heavy atom. The van der Waals surface area contributed by atoms with Crippen LogP contribution in [0.25, 0.3) is 0 Å². The Morgan fingerprint density at radius 1 is 1.25 bits per heavy atom. The van der Waals surface area contributed by atoms with Crippen LogP contribution < -0.4 is 5.32 Å². The number of hydrogen-bond donors (Lipinski definition) is 1. The molecule has 96 valence electrons. The van der Waals surface area contributed by atoms with Crippen molar-refractivity contribution in [2.45, 2.75) is 53.5 Å². The van der Waals surface area contributed by atoms with E-state index in [1.807, 2.05) is 0 Å². The van der Waals surface area contributed by atoms with E-state index in [1.54, 1.807) is 0 Å². The Bertz CT molecular complexity index is 185. The Kier molecular flexibility index (Phi) is 5.26. The summed E-state index contributed by atoms with van der Waals surface area (Å²) in [6.07, 6.45) is 2.73. The SMILES string of the molecule is CCN(CC)[C@H](CC1CCNC1)C(C)(C)C. The molecule has 1 N–H and O–H groups in total. The smallest absolute Gasteiger partial charge is 0.0147 e. The second-order valence-corrected chi connectivity index (χ2v) is 6.20. The van der Waals surface area contributed by atoms with E-state index in [4.69, 9.17) is 0 Å². The van der Waals surface area contributed by atoms with Crippen LogP contribution in [0.3, 0.4) is 0 Å². The zero-order chi connectivity index (χ0) is 12.2. The Hall–Kier alpha value is -0.0800. The van der Waals surface area contributed by atoms with Gasteiger partial charge in [0.15, 0.2) is 0 Å². The minimum absolute atomic E-state index is 0.397. The van der Waals surface area contributed by atoms with Gasteiger partial charge in [0, 0.05) is 6.04 Å². The fourth-order valence-corrected chi connectivity index (χ4v) is 2.95. The molecule has 0 radical (unpaired) electrons. The van der Waals surface area contributed by atoms with Crippen LogP contribution in [0.2, 0.25) is 0 Å². The van der Waals surface area contributed by atoms with Gasteiger partial charge in [-0.2, -0.15) is 0 Å². The van der Waals surface area contributed by atoms with Crippen LogP contribution in [0.1, 0.15) is 47.5 Å². The molecule has 1 fully saturated rings. The lowest BCUT2D eigenvalue weighted by Gasteiger charge is -2.40. The van der Waals surface area contributed by atoms with Gasteiger partial charge in [0.1, 0.15) is 0 Å². The first-order valence-corrected chi connectivity index (χ1v) is 6.93. The minimum atomic E-state index is 0.397. The van der Waals surface area contributed by atoms with E-state index < -0.39 is 0 Å². The van der Waals surface area contributed by atoms with Gasteiger partial charge in [0.25, 0.3) is 0 Å². The van der Waals surface area contributed by atoms with E-state index in [2.05, 4.69) is 44.8 Å². The maximum absolute atomic E-state index is 3.49. The summed E-state index contributed by atoms with van der Waals surface area (Å²) in [6, 6.07) is 0.729. The molecular formula is C14H30N2. The Labute approximate surface area is 102 Å². The first-order chi connectivity index (χ1) is 7.49. The lowest BCUT2D eigenvalue weighted by atomic mass is 9.80. The number of rotatable bonds is 5. The third-order valence-electron chi connectivity index (χ3n) is 3.97. The third kappa shape index (κ3) is 3.74. The summed E-state index contributed by atoms with van der Waals surface area (Å²) >= 11 is 0. The van der Waals surface area contributed by atoms with Gasteiger partial charge in [-0.05, 0) is 50.4 Å². The molecule has 0 spiro atoms. The molecule has 1 unspecified atom stereocenters. The quantitative estimate of drug-likeness (QED) is 0.775. The van der Waals surface area contributed by atoms with Gasteiger partial charge in [-0.15, -0.1) is 0 Å². The van der Waals surface area contributed by atoms with Crippen molar-refractivity contribution in [2.75, 3.05) is 26.2 Å². The highest BCUT2D eigenvalue weighted by atomic mass is 15.2. The van der Waals surface area contributed by atoms with E-state index in [0.717, 1.165) is 12.0 Å². The summed E-state index contributed by atoms with van der Waals surface area (Å²) < 4.78 is 0. The summed E-state index contributed by atoms with van der Waals surface area (Å²) in [5, 5.41) is 3.49. The molecule has 0 aromatic rings. The average Bonchev–Trinajstić information content (AvgIpc) is 2.69. The van der Waals surface area contributed by atoms with E-state index >= 15 is 0 Å². The van der Waals surface area contributed by atoms with Crippen LogP contribution in [-0.2, 0) is 0 Å². The summed E-state index contributed by atoms with van der Waals surface area (Å²) in [5.74, 6) is 0.893. The first-order valence-electron chi connectivity index (χ1n) is 6.93. The lowest BCUT2D eigenvalue weighted by Crippen LogP contribution is -2.45. The molecule has 1 saturated heterocycles. The molecule has 0 saturated carbocycles. The molecule has 2 heteroatoms. The van der Waals surface area contributed by atoms with E-state index in [0.29, 0.717) is 5.41 Å². The summed E-state index contributed by atoms with van der Waals surface area (Å²) in [5.41, 5.74) is 0.397. The zero-order valence-electron chi connectivity index (χ0n) is 11.8. The van der Waals surface area contributed by atoms with Crippen LogP contribution in [-0.4, -0.2) is 37.1 Å². The molecule has 1 heterocycles. The number of nitrogens with zero attached hydrogens (tertiary/aromatic N) is 1. The molecular weight excluding hydrogens is 196 g/mol. The second-order valence-electron chi connectivity index (χ2n) is 6.20. The summed E-state index contributed by atoms with van der Waals surface area (Å²) in [4.78, 5) is 2.64. The van der Waals surface area contributed by atoms with Crippen molar-refractivity contribution in [3.63, 3.8) is 0 Å². The van der Waals surface area contributed by atoms with Crippen molar-refractivity contribution >= 4 is 0 Å². The molecule has 0 aromatic heterocycles. The highest BCUT2D eigenvalue weighted by Gasteiger charge is 2.31. The predicted octanol–water partition coefficient (Wildman–Crippen LogP) is 2.74. The number of hydrogen-bond acceptors (Lipinski definition) is 2. The molecule has 2 atom stereocenters. The summed E-state index contributed by atoms with van der Waals surface area (Å²) in [7, 11) is 0. The van der Waals surface area contributed by atoms with Crippen LogP contribution in [0, 0.1) is 11.3 Å². The van der Waals surface area contributed by atoms with Crippen LogP contribution in [0.5, 0.6) is 0 Å². The standard InChI is InChI=1S/C14H30N2/c1-6-16(7-2)13(14(3,4)5)10-12-8-9-15-11-12/h12-13,15H,6-11H2,1-5H3/t12?,13-/m1/s1. The molecule has 0 aliphatic carbocycles. The molecule has 1 aliphatic rings. The van der Waals surface area contributed by atoms with Crippen molar-refractivity contribution in [3.8, 4) is 0 Å². The van der Waals surface area contributed by atoms with Gasteiger partial charge in [-0.3, -0.25) is 0 Å². The van der Waals surface area contributed by atoms with Crippen LogP contribution in [0.15, 0.2) is 0 Å². The van der Waals surface area contributed by atoms with Crippen molar-refractivity contribution in [1.82, 2.24) is 10.2 Å². The van der Waals surface area contributed by atoms with Crippen LogP contribution >= 0.6 is 0 Å². The van der Waals surface area contributed by atoms with Crippen molar-refractivity contribution in [2.24, 2.45) is 11.3 Å². The molecule has 0 aromatic carbocycles. The first kappa shape index (κ1) is 14.0. The maximum atomic E-state index is 3.49. The van der Waals surface area contributed by atoms with E-state index in [1.165, 1.54) is 39.0 Å². The molecule has 2 nitrogen and oxygen atoms in total. The minimum Gasteiger partial charge on any atom is -0.316 e. The van der Waals surface area contributed by atoms with Crippen molar-refractivity contribution < 1.29 is 0 Å². The monoisotopic (exact) mass is 226 g/mol. The topological polar surface area (TPSA) is 15.3 Å². The summed E-state index contributed by atoms with van der Waals surface area (Å²) in [6.45, 7) is 16.5. The van der Waals surface area contributed by atoms with E-state index in [-0.39, 0.29) is 0 Å². The van der Waals surface area contributed by atoms with Gasteiger partial charge in [0.05, 0.1) is 0 Å². The predicted molar refractivity (Wildman–Crippen MR) is 71.8 cm³/mol. The van der Waals surface area contributed by atoms with Crippen molar-refractivity contribution in [1.29, 1.82) is 0 Å². The molecule has 0 amide bonds. The van der Waals surface area contributed by atoms with Gasteiger partial charge < -0.3 is 10.2 Å². The van der Waals surface area contributed by atoms with E-state index in [9.17, 15) is 0 Å². The number of nitrogens with one attached hydrogen (secondary N) is 1. The molecule has 16 heavy (non-hydrogen) atoms. The van der Waals surface area contributed by atoms with Gasteiger partial charge in [-0.1, -0.05) is 34.6 Å². The fraction of sp³-hybridized carbons (Fsp3) is 1.00. The highest BCUT2D eigenvalue weighted by molar-refractivity contribution is 4.86. The van der Waals surface area contributed by atoms with Crippen molar-refractivity contribution in [3.05, 3.63) is 0 Å². The molecule has 1 aliphatic heterocycles. The highest BCUT2D eigenvalue weighted by Crippen LogP contribution is 2.31. The van der Waals surface area contributed by atoms with Gasteiger partial charge in [-0.25, -0.2) is 0 Å². The normalized spacial score (nSPS) is 24.0. The fourth-order valence-electron chi connectivity index (χ4n) is 2.95. The third-order valence-corrected chi connectivity index (χ3v) is 3.97. The maximum Gasteiger partial charge on any atom is 0.0147 e. The Morgan fingerprint density at radius 2 is 1.88 bits per heavy atom. The average molecular weight is 226 g/mol. The largest absolute Gasteiger partial charge is 0.316 e. The lowest BCUT2D eigenvalue weighted by molar-refractivity contribution is 0.0887. The zero-order valence-corrected chi connectivity index (χ0v) is 11.8. The second kappa shape index (κ2) is 6.02. The van der Waals surface area contributed by atoms with Crippen LogP contribution in [0.4, 0.5) is 0 Å². The Balaban J connectivity index is 2.62. The van der Waals surface area contributed by atoms with Gasteiger partial charge in [0.2, 0.25) is 0 Å².